The molecule has 0 aliphatic heterocycles. The van der Waals surface area contributed by atoms with Crippen LogP contribution in [-0.2, 0) is 28.6 Å². The molecule has 6 heteroatoms. The van der Waals surface area contributed by atoms with Crippen LogP contribution in [0.5, 0.6) is 0 Å². The first kappa shape index (κ1) is 56.4. The summed E-state index contributed by atoms with van der Waals surface area (Å²) < 4.78 is 16.7. The van der Waals surface area contributed by atoms with Crippen molar-refractivity contribution in [2.45, 2.75) is 258 Å². The van der Waals surface area contributed by atoms with Gasteiger partial charge in [0, 0.05) is 19.3 Å². The highest BCUT2D eigenvalue weighted by Crippen LogP contribution is 2.14. The fourth-order valence-corrected chi connectivity index (χ4v) is 6.97. The zero-order valence-electron chi connectivity index (χ0n) is 39.0. The lowest BCUT2D eigenvalue weighted by Gasteiger charge is -2.18. The summed E-state index contributed by atoms with van der Waals surface area (Å²) in [5.41, 5.74) is 0. The Balaban J connectivity index is 4.43. The number of carbonyl (C=O) groups excluding carboxylic acids is 3. The van der Waals surface area contributed by atoms with Gasteiger partial charge in [-0.1, -0.05) is 198 Å². The highest BCUT2D eigenvalue weighted by molar-refractivity contribution is 5.71. The van der Waals surface area contributed by atoms with E-state index in [1.54, 1.807) is 0 Å². The maximum absolute atomic E-state index is 12.8. The highest BCUT2D eigenvalue weighted by Gasteiger charge is 2.19. The second-order valence-electron chi connectivity index (χ2n) is 16.7. The minimum Gasteiger partial charge on any atom is -0.462 e. The summed E-state index contributed by atoms with van der Waals surface area (Å²) in [4.78, 5) is 37.9. The van der Waals surface area contributed by atoms with E-state index in [0.717, 1.165) is 83.5 Å². The molecule has 0 fully saturated rings. The number of esters is 3. The third-order valence-electron chi connectivity index (χ3n) is 10.8. The predicted octanol–water partition coefficient (Wildman–Crippen LogP) is 16.3. The number of ether oxygens (including phenoxy) is 3. The molecule has 0 saturated carbocycles. The zero-order valence-corrected chi connectivity index (χ0v) is 39.0. The summed E-state index contributed by atoms with van der Waals surface area (Å²) in [5.74, 6) is -0.931. The van der Waals surface area contributed by atoms with Crippen molar-refractivity contribution in [3.8, 4) is 0 Å². The normalized spacial score (nSPS) is 12.4. The molecule has 0 N–H and O–H groups in total. The molecular formula is C53H94O6. The molecule has 6 nitrogen and oxygen atoms in total. The SMILES string of the molecule is CCCCC/C=C\C/C=C\C/C=C\CCCCC(=O)OC[C@H](COC(=O)CCCCCCCCCCCCC)OC(=O)CCCCCCC/C=C\CCCCCCCC. The van der Waals surface area contributed by atoms with Crippen LogP contribution in [0.3, 0.4) is 0 Å². The fourth-order valence-electron chi connectivity index (χ4n) is 6.97. The molecule has 0 rings (SSSR count). The first-order valence-electron chi connectivity index (χ1n) is 25.1. The molecule has 0 aliphatic carbocycles. The van der Waals surface area contributed by atoms with Gasteiger partial charge in [-0.2, -0.15) is 0 Å². The van der Waals surface area contributed by atoms with E-state index >= 15 is 0 Å². The smallest absolute Gasteiger partial charge is 0.306 e. The average Bonchev–Trinajstić information content (AvgIpc) is 3.23. The summed E-state index contributed by atoms with van der Waals surface area (Å²) in [7, 11) is 0. The molecule has 0 amide bonds. The van der Waals surface area contributed by atoms with Gasteiger partial charge >= 0.3 is 17.9 Å². The average molecular weight is 827 g/mol. The van der Waals surface area contributed by atoms with Crippen LogP contribution in [-0.4, -0.2) is 37.2 Å². The second-order valence-corrected chi connectivity index (χ2v) is 16.7. The van der Waals surface area contributed by atoms with Crippen LogP contribution >= 0.6 is 0 Å². The van der Waals surface area contributed by atoms with Gasteiger partial charge in [0.15, 0.2) is 6.10 Å². The van der Waals surface area contributed by atoms with Crippen molar-refractivity contribution in [1.82, 2.24) is 0 Å². The van der Waals surface area contributed by atoms with Gasteiger partial charge < -0.3 is 14.2 Å². The van der Waals surface area contributed by atoms with Crippen molar-refractivity contribution in [3.05, 3.63) is 48.6 Å². The van der Waals surface area contributed by atoms with Crippen molar-refractivity contribution < 1.29 is 28.6 Å². The Kier molecular flexibility index (Phi) is 45.9. The molecule has 0 aromatic heterocycles. The first-order valence-corrected chi connectivity index (χ1v) is 25.1. The molecule has 0 unspecified atom stereocenters. The Bertz CT molecular complexity index is 1040. The van der Waals surface area contributed by atoms with E-state index in [1.165, 1.54) is 128 Å². The topological polar surface area (TPSA) is 78.9 Å². The zero-order chi connectivity index (χ0) is 43.0. The van der Waals surface area contributed by atoms with Gasteiger partial charge in [0.25, 0.3) is 0 Å². The Labute approximate surface area is 365 Å². The molecular weight excluding hydrogens is 733 g/mol. The molecule has 342 valence electrons. The van der Waals surface area contributed by atoms with Crippen LogP contribution in [0.15, 0.2) is 48.6 Å². The van der Waals surface area contributed by atoms with Crippen LogP contribution in [0, 0.1) is 0 Å². The van der Waals surface area contributed by atoms with Crippen molar-refractivity contribution >= 4 is 17.9 Å². The van der Waals surface area contributed by atoms with Crippen molar-refractivity contribution in [2.24, 2.45) is 0 Å². The molecule has 0 bridgehead atoms. The summed E-state index contributed by atoms with van der Waals surface area (Å²) >= 11 is 0. The highest BCUT2D eigenvalue weighted by atomic mass is 16.6. The van der Waals surface area contributed by atoms with Gasteiger partial charge in [0.05, 0.1) is 0 Å². The van der Waals surface area contributed by atoms with E-state index < -0.39 is 6.10 Å². The third kappa shape index (κ3) is 46.3. The summed E-state index contributed by atoms with van der Waals surface area (Å²) in [6, 6.07) is 0. The molecule has 0 heterocycles. The quantitative estimate of drug-likeness (QED) is 0.0263. The van der Waals surface area contributed by atoms with E-state index in [2.05, 4.69) is 69.4 Å². The molecule has 0 aromatic rings. The van der Waals surface area contributed by atoms with Gasteiger partial charge in [-0.05, 0) is 83.5 Å². The lowest BCUT2D eigenvalue weighted by molar-refractivity contribution is -0.167. The van der Waals surface area contributed by atoms with Crippen LogP contribution in [0.1, 0.15) is 252 Å². The van der Waals surface area contributed by atoms with Crippen LogP contribution in [0.25, 0.3) is 0 Å². The van der Waals surface area contributed by atoms with E-state index in [-0.39, 0.29) is 31.1 Å². The van der Waals surface area contributed by atoms with E-state index in [0.29, 0.717) is 19.3 Å². The maximum atomic E-state index is 12.8. The molecule has 0 saturated heterocycles. The lowest BCUT2D eigenvalue weighted by atomic mass is 10.1. The molecule has 0 spiro atoms. The molecule has 0 radical (unpaired) electrons. The van der Waals surface area contributed by atoms with Gasteiger partial charge in [-0.3, -0.25) is 14.4 Å². The van der Waals surface area contributed by atoms with Gasteiger partial charge in [0.1, 0.15) is 13.2 Å². The Morgan fingerprint density at radius 1 is 0.339 bits per heavy atom. The first-order chi connectivity index (χ1) is 29.0. The molecule has 0 aliphatic rings. The van der Waals surface area contributed by atoms with Crippen molar-refractivity contribution in [3.63, 3.8) is 0 Å². The summed E-state index contributed by atoms with van der Waals surface area (Å²) in [5, 5.41) is 0. The number of rotatable bonds is 45. The Hall–Kier alpha value is -2.63. The van der Waals surface area contributed by atoms with Crippen molar-refractivity contribution in [2.75, 3.05) is 13.2 Å². The number of unbranched alkanes of at least 4 members (excludes halogenated alkanes) is 26. The Morgan fingerprint density at radius 2 is 0.610 bits per heavy atom. The fraction of sp³-hybridized carbons (Fsp3) is 0.792. The minimum atomic E-state index is -0.789. The lowest BCUT2D eigenvalue weighted by Crippen LogP contribution is -2.30. The van der Waals surface area contributed by atoms with Crippen molar-refractivity contribution in [1.29, 1.82) is 0 Å². The van der Waals surface area contributed by atoms with Crippen LogP contribution in [0.4, 0.5) is 0 Å². The Morgan fingerprint density at radius 3 is 1.03 bits per heavy atom. The van der Waals surface area contributed by atoms with Crippen LogP contribution in [0.2, 0.25) is 0 Å². The largest absolute Gasteiger partial charge is 0.462 e. The summed E-state index contributed by atoms with van der Waals surface area (Å²) in [6.45, 7) is 6.56. The number of carbonyl (C=O) groups is 3. The maximum Gasteiger partial charge on any atom is 0.306 e. The molecule has 59 heavy (non-hydrogen) atoms. The minimum absolute atomic E-state index is 0.0866. The molecule has 1 atom stereocenters. The number of allylic oxidation sites excluding steroid dienone is 8. The van der Waals surface area contributed by atoms with E-state index in [4.69, 9.17) is 14.2 Å². The van der Waals surface area contributed by atoms with Gasteiger partial charge in [-0.25, -0.2) is 0 Å². The van der Waals surface area contributed by atoms with Gasteiger partial charge in [0.2, 0.25) is 0 Å². The molecule has 0 aromatic carbocycles. The monoisotopic (exact) mass is 827 g/mol. The third-order valence-corrected chi connectivity index (χ3v) is 10.8. The van der Waals surface area contributed by atoms with E-state index in [9.17, 15) is 14.4 Å². The predicted molar refractivity (Wildman–Crippen MR) is 252 cm³/mol. The van der Waals surface area contributed by atoms with E-state index in [1.807, 2.05) is 0 Å². The van der Waals surface area contributed by atoms with Gasteiger partial charge in [-0.15, -0.1) is 0 Å². The number of hydrogen-bond donors (Lipinski definition) is 0. The summed E-state index contributed by atoms with van der Waals surface area (Å²) in [6.07, 6.45) is 56.6. The second kappa shape index (κ2) is 48.0. The van der Waals surface area contributed by atoms with Crippen LogP contribution < -0.4 is 0 Å². The standard InChI is InChI=1S/C53H94O6/c1-4-7-10-13-16-19-22-24-26-28-31-34-37-40-43-46-52(55)58-49-50(48-57-51(54)45-42-39-36-33-30-21-18-15-12-9-6-3)59-53(56)47-44-41-38-35-32-29-27-25-23-20-17-14-11-8-5-2/h16,19,24-27,31,34,50H,4-15,17-18,20-23,28-30,32-33,35-49H2,1-3H3/b19-16-,26-24-,27-25-,34-31-/t50-/m0/s1. The number of hydrogen-bond acceptors (Lipinski definition) is 6.